The van der Waals surface area contributed by atoms with Crippen molar-refractivity contribution in [2.24, 2.45) is 0 Å². The van der Waals surface area contributed by atoms with E-state index in [1.165, 1.54) is 24.3 Å². The van der Waals surface area contributed by atoms with Crippen molar-refractivity contribution in [1.29, 1.82) is 0 Å². The van der Waals surface area contributed by atoms with Gasteiger partial charge in [0.05, 0.1) is 4.90 Å². The molecule has 2 aromatic carbocycles. The highest BCUT2D eigenvalue weighted by Gasteiger charge is 2.14. The zero-order valence-corrected chi connectivity index (χ0v) is 12.2. The third-order valence-corrected chi connectivity index (χ3v) is 4.34. The second-order valence-corrected chi connectivity index (χ2v) is 6.56. The largest absolute Gasteiger partial charge is 0.508 e. The number of sulfonamides is 1. The topological polar surface area (TPSA) is 66.4 Å². The van der Waals surface area contributed by atoms with Crippen LogP contribution in [0.5, 0.6) is 5.75 Å². The van der Waals surface area contributed by atoms with Crippen LogP contribution in [0.2, 0.25) is 0 Å². The zero-order valence-electron chi connectivity index (χ0n) is 11.4. The number of benzene rings is 2. The lowest BCUT2D eigenvalue weighted by Gasteiger charge is -2.10. The summed E-state index contributed by atoms with van der Waals surface area (Å²) in [6, 6.07) is 12.8. The van der Waals surface area contributed by atoms with Crippen LogP contribution in [0.4, 0.5) is 5.69 Å². The molecule has 0 saturated carbocycles. The molecule has 106 valence electrons. The summed E-state index contributed by atoms with van der Waals surface area (Å²) in [5.74, 6) is 0.315. The fraction of sp³-hybridized carbons (Fsp3) is 0.200. The molecule has 0 radical (unpaired) electrons. The van der Waals surface area contributed by atoms with E-state index >= 15 is 0 Å². The number of hydrogen-bond donors (Lipinski definition) is 2. The van der Waals surface area contributed by atoms with Crippen molar-refractivity contribution in [3.8, 4) is 5.75 Å². The van der Waals surface area contributed by atoms with Gasteiger partial charge in [-0.2, -0.15) is 0 Å². The third-order valence-electron chi connectivity index (χ3n) is 2.96. The highest BCUT2D eigenvalue weighted by molar-refractivity contribution is 7.92. The highest BCUT2D eigenvalue weighted by atomic mass is 32.2. The second-order valence-electron chi connectivity index (χ2n) is 4.88. The van der Waals surface area contributed by atoms with E-state index in [1.807, 2.05) is 12.1 Å². The molecule has 2 rings (SSSR count). The lowest BCUT2D eigenvalue weighted by atomic mass is 10.0. The smallest absolute Gasteiger partial charge is 0.262 e. The van der Waals surface area contributed by atoms with Crippen LogP contribution in [-0.2, 0) is 10.0 Å². The standard InChI is InChI=1S/C15H17NO3S/c1-11(2)12-6-8-13(9-7-12)16-20(18,19)15-5-3-4-14(17)10-15/h3-11,16-17H,1-2H3. The maximum atomic E-state index is 12.2. The van der Waals surface area contributed by atoms with Gasteiger partial charge in [0.15, 0.2) is 0 Å². The Balaban J connectivity index is 2.24. The molecule has 0 atom stereocenters. The number of aromatic hydroxyl groups is 1. The Morgan fingerprint density at radius 3 is 2.25 bits per heavy atom. The summed E-state index contributed by atoms with van der Waals surface area (Å²) in [4.78, 5) is 0.0328. The SMILES string of the molecule is CC(C)c1ccc(NS(=O)(=O)c2cccc(O)c2)cc1. The molecule has 0 saturated heterocycles. The predicted molar refractivity (Wildman–Crippen MR) is 79.4 cm³/mol. The van der Waals surface area contributed by atoms with Crippen molar-refractivity contribution in [1.82, 2.24) is 0 Å². The van der Waals surface area contributed by atoms with Crippen molar-refractivity contribution in [3.05, 3.63) is 54.1 Å². The van der Waals surface area contributed by atoms with Crippen LogP contribution in [0.15, 0.2) is 53.4 Å². The zero-order chi connectivity index (χ0) is 14.8. The van der Waals surface area contributed by atoms with Crippen LogP contribution < -0.4 is 4.72 Å². The lowest BCUT2D eigenvalue weighted by Crippen LogP contribution is -2.12. The fourth-order valence-corrected chi connectivity index (χ4v) is 2.90. The number of hydrogen-bond acceptors (Lipinski definition) is 3. The van der Waals surface area contributed by atoms with Crippen molar-refractivity contribution in [2.45, 2.75) is 24.7 Å². The minimum absolute atomic E-state index is 0.0328. The molecule has 0 aliphatic heterocycles. The average Bonchev–Trinajstić information content (AvgIpc) is 2.39. The number of phenols is 1. The van der Waals surface area contributed by atoms with Crippen LogP contribution in [0.1, 0.15) is 25.3 Å². The van der Waals surface area contributed by atoms with Crippen molar-refractivity contribution >= 4 is 15.7 Å². The van der Waals surface area contributed by atoms with Gasteiger partial charge in [0.2, 0.25) is 0 Å². The molecule has 4 nitrogen and oxygen atoms in total. The van der Waals surface area contributed by atoms with Gasteiger partial charge in [-0.05, 0) is 35.7 Å². The van der Waals surface area contributed by atoms with Gasteiger partial charge in [-0.15, -0.1) is 0 Å². The average molecular weight is 291 g/mol. The lowest BCUT2D eigenvalue weighted by molar-refractivity contribution is 0.473. The summed E-state index contributed by atoms with van der Waals surface area (Å²) in [5, 5.41) is 9.35. The summed E-state index contributed by atoms with van der Waals surface area (Å²) >= 11 is 0. The minimum Gasteiger partial charge on any atom is -0.508 e. The summed E-state index contributed by atoms with van der Waals surface area (Å²) in [6.07, 6.45) is 0. The van der Waals surface area contributed by atoms with Gasteiger partial charge in [-0.3, -0.25) is 4.72 Å². The maximum Gasteiger partial charge on any atom is 0.262 e. The van der Waals surface area contributed by atoms with E-state index in [1.54, 1.807) is 12.1 Å². The predicted octanol–water partition coefficient (Wildman–Crippen LogP) is 3.32. The molecule has 0 spiro atoms. The van der Waals surface area contributed by atoms with Crippen LogP contribution in [0.25, 0.3) is 0 Å². The molecule has 2 aromatic rings. The molecule has 0 aromatic heterocycles. The van der Waals surface area contributed by atoms with Gasteiger partial charge in [0.1, 0.15) is 5.75 Å². The van der Waals surface area contributed by atoms with Crippen LogP contribution in [0.3, 0.4) is 0 Å². The Kier molecular flexibility index (Phi) is 3.99. The number of nitrogens with one attached hydrogen (secondary N) is 1. The molecule has 0 aliphatic rings. The first-order chi connectivity index (χ1) is 9.38. The molecule has 0 aliphatic carbocycles. The Morgan fingerprint density at radius 2 is 1.70 bits per heavy atom. The van der Waals surface area contributed by atoms with Gasteiger partial charge < -0.3 is 5.11 Å². The molecule has 2 N–H and O–H groups in total. The fourth-order valence-electron chi connectivity index (χ4n) is 1.80. The summed E-state index contributed by atoms with van der Waals surface area (Å²) in [6.45, 7) is 4.15. The van der Waals surface area contributed by atoms with E-state index in [0.717, 1.165) is 5.56 Å². The summed E-state index contributed by atoms with van der Waals surface area (Å²) < 4.78 is 26.8. The van der Waals surface area contributed by atoms with Gasteiger partial charge >= 0.3 is 0 Å². The van der Waals surface area contributed by atoms with Crippen LogP contribution in [-0.4, -0.2) is 13.5 Å². The first-order valence-electron chi connectivity index (χ1n) is 6.30. The summed E-state index contributed by atoms with van der Waals surface area (Å²) in [5.41, 5.74) is 1.64. The first kappa shape index (κ1) is 14.4. The molecule has 0 heterocycles. The Hall–Kier alpha value is -2.01. The number of rotatable bonds is 4. The number of anilines is 1. The monoisotopic (exact) mass is 291 g/mol. The van der Waals surface area contributed by atoms with E-state index in [4.69, 9.17) is 0 Å². The number of phenolic OH excluding ortho intramolecular Hbond substituents is 1. The van der Waals surface area contributed by atoms with Gasteiger partial charge in [0, 0.05) is 11.8 Å². The van der Waals surface area contributed by atoms with E-state index < -0.39 is 10.0 Å². The normalized spacial score (nSPS) is 11.6. The molecule has 0 amide bonds. The van der Waals surface area contributed by atoms with Crippen molar-refractivity contribution < 1.29 is 13.5 Å². The van der Waals surface area contributed by atoms with E-state index in [0.29, 0.717) is 11.6 Å². The van der Waals surface area contributed by atoms with Gasteiger partial charge in [0.25, 0.3) is 10.0 Å². The van der Waals surface area contributed by atoms with Gasteiger partial charge in [-0.25, -0.2) is 8.42 Å². The molecular formula is C15H17NO3S. The van der Waals surface area contributed by atoms with E-state index in [-0.39, 0.29) is 10.6 Å². The Morgan fingerprint density at radius 1 is 1.05 bits per heavy atom. The molecular weight excluding hydrogens is 274 g/mol. The van der Waals surface area contributed by atoms with Crippen molar-refractivity contribution in [2.75, 3.05) is 4.72 Å². The quantitative estimate of drug-likeness (QED) is 0.908. The maximum absolute atomic E-state index is 12.2. The van der Waals surface area contributed by atoms with Crippen LogP contribution >= 0.6 is 0 Å². The van der Waals surface area contributed by atoms with E-state index in [2.05, 4.69) is 18.6 Å². The molecule has 0 fully saturated rings. The van der Waals surface area contributed by atoms with Gasteiger partial charge in [-0.1, -0.05) is 32.0 Å². The third kappa shape index (κ3) is 3.30. The molecule has 5 heteroatoms. The summed E-state index contributed by atoms with van der Waals surface area (Å²) in [7, 11) is -3.68. The Labute approximate surface area is 119 Å². The van der Waals surface area contributed by atoms with Crippen molar-refractivity contribution in [3.63, 3.8) is 0 Å². The van der Waals surface area contributed by atoms with E-state index in [9.17, 15) is 13.5 Å². The second kappa shape index (κ2) is 5.54. The molecule has 0 bridgehead atoms. The van der Waals surface area contributed by atoms with Crippen LogP contribution in [0, 0.1) is 0 Å². The highest BCUT2D eigenvalue weighted by Crippen LogP contribution is 2.21. The molecule has 0 unspecified atom stereocenters. The minimum atomic E-state index is -3.68. The first-order valence-corrected chi connectivity index (χ1v) is 7.78. The molecule has 20 heavy (non-hydrogen) atoms. The Bertz CT molecular complexity index is 691.